The Labute approximate surface area is 187 Å². The molecule has 0 atom stereocenters. The summed E-state index contributed by atoms with van der Waals surface area (Å²) < 4.78 is 12.6. The zero-order valence-electron chi connectivity index (χ0n) is 17.3. The summed E-state index contributed by atoms with van der Waals surface area (Å²) in [7, 11) is 1.53. The van der Waals surface area contributed by atoms with Gasteiger partial charge >= 0.3 is 0 Å². The third-order valence-corrected chi connectivity index (χ3v) is 5.56. The number of halogens is 1. The van der Waals surface area contributed by atoms with Crippen LogP contribution < -0.4 is 15.7 Å². The SMILES string of the molecule is COc1ccc2c(=O)c3c(=O)n(-c4ccc(C)cc4)c(-c4ccc(Cl)cc4)nc3oc2c1. The van der Waals surface area contributed by atoms with Gasteiger partial charge in [-0.05, 0) is 55.5 Å². The maximum atomic E-state index is 13.7. The molecule has 158 valence electrons. The first-order valence-corrected chi connectivity index (χ1v) is 10.2. The van der Waals surface area contributed by atoms with Crippen LogP contribution in [-0.4, -0.2) is 16.7 Å². The van der Waals surface area contributed by atoms with Crippen LogP contribution in [0.3, 0.4) is 0 Å². The Morgan fingerprint density at radius 3 is 2.38 bits per heavy atom. The second kappa shape index (κ2) is 7.66. The van der Waals surface area contributed by atoms with Crippen molar-refractivity contribution in [2.45, 2.75) is 6.92 Å². The van der Waals surface area contributed by atoms with E-state index in [0.717, 1.165) is 5.56 Å². The fourth-order valence-electron chi connectivity index (χ4n) is 3.64. The topological polar surface area (TPSA) is 74.3 Å². The van der Waals surface area contributed by atoms with E-state index in [-0.39, 0.29) is 16.5 Å². The first kappa shape index (κ1) is 20.0. The van der Waals surface area contributed by atoms with Crippen molar-refractivity contribution < 1.29 is 9.15 Å². The number of rotatable bonds is 3. The molecule has 0 spiro atoms. The van der Waals surface area contributed by atoms with Gasteiger partial charge in [-0.1, -0.05) is 29.3 Å². The number of hydrogen-bond donors (Lipinski definition) is 0. The molecule has 7 heteroatoms. The van der Waals surface area contributed by atoms with Gasteiger partial charge in [0.2, 0.25) is 11.1 Å². The monoisotopic (exact) mass is 444 g/mol. The molecule has 0 N–H and O–H groups in total. The van der Waals surface area contributed by atoms with E-state index in [2.05, 4.69) is 4.98 Å². The van der Waals surface area contributed by atoms with Crippen molar-refractivity contribution in [3.63, 3.8) is 0 Å². The van der Waals surface area contributed by atoms with E-state index >= 15 is 0 Å². The molecule has 0 amide bonds. The number of methoxy groups -OCH3 is 1. The summed E-state index contributed by atoms with van der Waals surface area (Å²) in [5, 5.41) is 0.733. The second-order valence-electron chi connectivity index (χ2n) is 7.39. The summed E-state index contributed by atoms with van der Waals surface area (Å²) in [6, 6.07) is 19.2. The van der Waals surface area contributed by atoms with Gasteiger partial charge in [-0.25, -0.2) is 0 Å². The Morgan fingerprint density at radius 1 is 0.969 bits per heavy atom. The van der Waals surface area contributed by atoms with Gasteiger partial charge in [-0.3, -0.25) is 14.2 Å². The van der Waals surface area contributed by atoms with Crippen molar-refractivity contribution in [1.82, 2.24) is 9.55 Å². The molecular formula is C25H17ClN2O4. The summed E-state index contributed by atoms with van der Waals surface area (Å²) in [5.74, 6) is 0.874. The summed E-state index contributed by atoms with van der Waals surface area (Å²) >= 11 is 6.05. The van der Waals surface area contributed by atoms with Crippen molar-refractivity contribution in [3.8, 4) is 22.8 Å². The standard InChI is InChI=1S/C25H17ClN2O4/c1-14-3-9-17(10-4-14)28-23(15-5-7-16(26)8-6-15)27-24-21(25(28)30)22(29)19-12-11-18(31-2)13-20(19)32-24/h3-13H,1-2H3. The van der Waals surface area contributed by atoms with Crippen molar-refractivity contribution >= 4 is 33.7 Å². The highest BCUT2D eigenvalue weighted by atomic mass is 35.5. The fraction of sp³-hybridized carbons (Fsp3) is 0.0800. The number of aryl methyl sites for hydroxylation is 1. The molecule has 6 nitrogen and oxygen atoms in total. The van der Waals surface area contributed by atoms with Gasteiger partial charge in [0.25, 0.3) is 5.56 Å². The average molecular weight is 445 g/mol. The predicted molar refractivity (Wildman–Crippen MR) is 125 cm³/mol. The van der Waals surface area contributed by atoms with Gasteiger partial charge in [-0.2, -0.15) is 4.98 Å². The number of benzene rings is 3. The smallest absolute Gasteiger partial charge is 0.273 e. The quantitative estimate of drug-likeness (QED) is 0.361. The van der Waals surface area contributed by atoms with E-state index in [1.165, 1.54) is 11.7 Å². The van der Waals surface area contributed by atoms with Gasteiger partial charge in [-0.15, -0.1) is 0 Å². The molecule has 0 radical (unpaired) electrons. The lowest BCUT2D eigenvalue weighted by atomic mass is 10.1. The van der Waals surface area contributed by atoms with Crippen molar-refractivity contribution in [1.29, 1.82) is 0 Å². The van der Waals surface area contributed by atoms with Crippen LogP contribution >= 0.6 is 11.6 Å². The molecule has 32 heavy (non-hydrogen) atoms. The Hall–Kier alpha value is -3.90. The molecule has 2 heterocycles. The lowest BCUT2D eigenvalue weighted by Crippen LogP contribution is -2.26. The molecule has 0 bridgehead atoms. The van der Waals surface area contributed by atoms with Crippen molar-refractivity contribution in [3.05, 3.63) is 97.9 Å². The molecule has 0 saturated carbocycles. The summed E-state index contributed by atoms with van der Waals surface area (Å²) in [5.41, 5.74) is 1.61. The zero-order chi connectivity index (χ0) is 22.4. The van der Waals surface area contributed by atoms with Crippen LogP contribution in [0.4, 0.5) is 0 Å². The van der Waals surface area contributed by atoms with Crippen LogP contribution in [0.25, 0.3) is 39.1 Å². The summed E-state index contributed by atoms with van der Waals surface area (Å²) in [4.78, 5) is 31.6. The molecule has 5 rings (SSSR count). The summed E-state index contributed by atoms with van der Waals surface area (Å²) in [6.45, 7) is 1.96. The maximum Gasteiger partial charge on any atom is 0.273 e. The Balaban J connectivity index is 1.93. The predicted octanol–water partition coefficient (Wildman–Crippen LogP) is 5.13. The molecule has 0 unspecified atom stereocenters. The Bertz CT molecular complexity index is 1600. The Morgan fingerprint density at radius 2 is 1.69 bits per heavy atom. The Kier molecular flexibility index (Phi) is 4.79. The van der Waals surface area contributed by atoms with Gasteiger partial charge < -0.3 is 9.15 Å². The van der Waals surface area contributed by atoms with Gasteiger partial charge in [0, 0.05) is 16.7 Å². The first-order chi connectivity index (χ1) is 15.5. The molecule has 2 aromatic heterocycles. The largest absolute Gasteiger partial charge is 0.497 e. The minimum absolute atomic E-state index is 0.0333. The molecule has 0 aliphatic rings. The minimum atomic E-state index is -0.504. The summed E-state index contributed by atoms with van der Waals surface area (Å²) in [6.07, 6.45) is 0. The van der Waals surface area contributed by atoms with E-state index in [9.17, 15) is 9.59 Å². The van der Waals surface area contributed by atoms with E-state index in [1.807, 2.05) is 31.2 Å². The normalized spacial score (nSPS) is 11.2. The third kappa shape index (κ3) is 3.25. The van der Waals surface area contributed by atoms with Crippen molar-refractivity contribution in [2.24, 2.45) is 0 Å². The highest BCUT2D eigenvalue weighted by Crippen LogP contribution is 2.26. The fourth-order valence-corrected chi connectivity index (χ4v) is 3.76. The first-order valence-electron chi connectivity index (χ1n) is 9.87. The second-order valence-corrected chi connectivity index (χ2v) is 7.83. The number of aromatic nitrogens is 2. The van der Waals surface area contributed by atoms with Crippen LogP contribution in [0, 0.1) is 6.92 Å². The molecular weight excluding hydrogens is 428 g/mol. The molecule has 3 aromatic carbocycles. The van der Waals surface area contributed by atoms with E-state index in [1.54, 1.807) is 42.5 Å². The lowest BCUT2D eigenvalue weighted by Gasteiger charge is -2.14. The molecule has 5 aromatic rings. The van der Waals surface area contributed by atoms with E-state index < -0.39 is 11.0 Å². The number of ether oxygens (including phenoxy) is 1. The number of fused-ring (bicyclic) bond motifs is 2. The van der Waals surface area contributed by atoms with Crippen LogP contribution in [0.2, 0.25) is 5.02 Å². The molecule has 0 aliphatic carbocycles. The van der Waals surface area contributed by atoms with Crippen molar-refractivity contribution in [2.75, 3.05) is 7.11 Å². The highest BCUT2D eigenvalue weighted by Gasteiger charge is 2.20. The zero-order valence-corrected chi connectivity index (χ0v) is 18.0. The van der Waals surface area contributed by atoms with Gasteiger partial charge in [0.05, 0.1) is 18.2 Å². The van der Waals surface area contributed by atoms with E-state index in [0.29, 0.717) is 33.4 Å². The van der Waals surface area contributed by atoms with Crippen LogP contribution in [0.5, 0.6) is 5.75 Å². The molecule has 0 aliphatic heterocycles. The lowest BCUT2D eigenvalue weighted by molar-refractivity contribution is 0.414. The maximum absolute atomic E-state index is 13.7. The molecule has 0 fully saturated rings. The van der Waals surface area contributed by atoms with E-state index in [4.69, 9.17) is 20.8 Å². The van der Waals surface area contributed by atoms with Gasteiger partial charge in [0.15, 0.2) is 11.2 Å². The van der Waals surface area contributed by atoms with Crippen LogP contribution in [0.1, 0.15) is 5.56 Å². The van der Waals surface area contributed by atoms with Crippen LogP contribution in [0.15, 0.2) is 80.7 Å². The average Bonchev–Trinajstić information content (AvgIpc) is 2.80. The van der Waals surface area contributed by atoms with Crippen LogP contribution in [-0.2, 0) is 0 Å². The minimum Gasteiger partial charge on any atom is -0.497 e. The molecule has 0 saturated heterocycles. The highest BCUT2D eigenvalue weighted by molar-refractivity contribution is 6.30. The third-order valence-electron chi connectivity index (χ3n) is 5.31. The van der Waals surface area contributed by atoms with Gasteiger partial charge in [0.1, 0.15) is 11.3 Å². The number of nitrogens with zero attached hydrogens (tertiary/aromatic N) is 2. The number of hydrogen-bond acceptors (Lipinski definition) is 5.